The topological polar surface area (TPSA) is 113 Å². The lowest BCUT2D eigenvalue weighted by Crippen LogP contribution is -2.66. The molecule has 1 aromatic rings. The Morgan fingerprint density at radius 1 is 0.942 bits per heavy atom. The fraction of sp³-hybridized carbons (Fsp3) is 0.750. The van der Waals surface area contributed by atoms with Crippen molar-refractivity contribution in [3.8, 4) is 0 Å². The number of hydrogen-bond donors (Lipinski definition) is 3. The molecule has 6 rings (SSSR count). The Morgan fingerprint density at radius 2 is 1.62 bits per heavy atom. The number of hydrogen-bond acceptors (Lipinski definition) is 6. The number of aliphatic carboxylic acids is 1. The number of carboxylic acids is 1. The van der Waals surface area contributed by atoms with E-state index in [1.807, 2.05) is 24.3 Å². The van der Waals surface area contributed by atoms with Gasteiger partial charge in [-0.3, -0.25) is 14.4 Å². The summed E-state index contributed by atoms with van der Waals surface area (Å²) in [6.45, 7) is 20.7. The maximum absolute atomic E-state index is 14.0. The molecule has 0 amide bonds. The number of aliphatic hydroxyl groups is 1. The predicted molar refractivity (Wildman–Crippen MR) is 205 cm³/mol. The fourth-order valence-corrected chi connectivity index (χ4v) is 13.2. The lowest BCUT2D eigenvalue weighted by atomic mass is 9.33. The number of carbonyl (C=O) groups is 3. The van der Waals surface area contributed by atoms with Crippen LogP contribution in [0.5, 0.6) is 0 Å². The summed E-state index contributed by atoms with van der Waals surface area (Å²) in [5.41, 5.74) is 1.55. The Morgan fingerprint density at radius 3 is 2.25 bits per heavy atom. The van der Waals surface area contributed by atoms with E-state index in [0.29, 0.717) is 36.4 Å². The molecular formula is C44H64ClNO6. The third-order valence-corrected chi connectivity index (χ3v) is 16.3. The quantitative estimate of drug-likeness (QED) is 0.205. The Kier molecular flexibility index (Phi) is 10.3. The molecule has 2 unspecified atom stereocenters. The zero-order valence-corrected chi connectivity index (χ0v) is 33.9. The number of carboxylic acid groups (broad SMARTS) is 1. The number of carbonyl (C=O) groups excluding carboxylic acids is 2. The highest BCUT2D eigenvalue weighted by Gasteiger charge is 2.70. The van der Waals surface area contributed by atoms with E-state index in [0.717, 1.165) is 62.5 Å². The van der Waals surface area contributed by atoms with E-state index >= 15 is 0 Å². The Balaban J connectivity index is 1.26. The highest BCUT2D eigenvalue weighted by Crippen LogP contribution is 2.77. The van der Waals surface area contributed by atoms with Crippen molar-refractivity contribution in [2.75, 3.05) is 6.54 Å². The van der Waals surface area contributed by atoms with Gasteiger partial charge in [-0.15, -0.1) is 0 Å². The second-order valence-corrected chi connectivity index (χ2v) is 20.3. The van der Waals surface area contributed by atoms with Crippen LogP contribution in [0.25, 0.3) is 0 Å². The maximum atomic E-state index is 14.0. The molecule has 0 radical (unpaired) electrons. The first-order valence-corrected chi connectivity index (χ1v) is 20.4. The molecule has 3 N–H and O–H groups in total. The van der Waals surface area contributed by atoms with E-state index in [9.17, 15) is 24.6 Å². The molecule has 0 bridgehead atoms. The summed E-state index contributed by atoms with van der Waals surface area (Å²) in [5, 5.41) is 26.0. The lowest BCUT2D eigenvalue weighted by molar-refractivity contribution is -0.235. The minimum atomic E-state index is -1.17. The second-order valence-electron chi connectivity index (χ2n) is 19.8. The van der Waals surface area contributed by atoms with Crippen LogP contribution >= 0.6 is 11.6 Å². The van der Waals surface area contributed by atoms with Gasteiger partial charge < -0.3 is 20.3 Å². The third kappa shape index (κ3) is 6.11. The first-order chi connectivity index (χ1) is 24.1. The van der Waals surface area contributed by atoms with Crippen molar-refractivity contribution in [3.63, 3.8) is 0 Å². The van der Waals surface area contributed by atoms with Gasteiger partial charge in [0.1, 0.15) is 6.10 Å². The standard InChI is InChI=1S/C44H64ClNO6/c1-26(2)36-30(47)22-44(33(48)25-46-24-27-10-12-28(45)13-11-27)21-20-42(8)29(37(36)44)14-15-32-41(7)18-17-34(52-35(49)23-39(3,4)38(50)51)40(5,6)31(41)16-19-43(32,42)9/h10-13,26,29,31-34,46,48H,14-25H2,1-9H3,(H,50,51)/t29-,31?,32?,33-,34+,41+,42-,43-,44+/m1/s1. The van der Waals surface area contributed by atoms with E-state index in [4.69, 9.17) is 16.3 Å². The maximum Gasteiger partial charge on any atom is 0.309 e. The van der Waals surface area contributed by atoms with Gasteiger partial charge in [-0.1, -0.05) is 77.8 Å². The number of benzene rings is 1. The van der Waals surface area contributed by atoms with E-state index in [1.165, 1.54) is 5.57 Å². The number of rotatable bonds is 10. The molecule has 8 heteroatoms. The summed E-state index contributed by atoms with van der Waals surface area (Å²) in [6.07, 6.45) is 7.17. The third-order valence-electron chi connectivity index (χ3n) is 16.1. The van der Waals surface area contributed by atoms with Crippen LogP contribution in [0.15, 0.2) is 35.4 Å². The molecule has 52 heavy (non-hydrogen) atoms. The smallest absolute Gasteiger partial charge is 0.309 e. The highest BCUT2D eigenvalue weighted by molar-refractivity contribution is 6.30. The second kappa shape index (κ2) is 13.5. The molecule has 0 heterocycles. The van der Waals surface area contributed by atoms with Gasteiger partial charge in [0.05, 0.1) is 17.9 Å². The molecule has 4 fully saturated rings. The summed E-state index contributed by atoms with van der Waals surface area (Å²) >= 11 is 6.10. The number of ether oxygens (including phenoxy) is 1. The predicted octanol–water partition coefficient (Wildman–Crippen LogP) is 9.18. The van der Waals surface area contributed by atoms with Gasteiger partial charge in [0.15, 0.2) is 5.78 Å². The van der Waals surface area contributed by atoms with Crippen LogP contribution in [0.2, 0.25) is 5.02 Å². The van der Waals surface area contributed by atoms with Crippen LogP contribution in [0.3, 0.4) is 0 Å². The van der Waals surface area contributed by atoms with Gasteiger partial charge >= 0.3 is 11.9 Å². The van der Waals surface area contributed by atoms with Crippen molar-refractivity contribution >= 4 is 29.3 Å². The SMILES string of the molecule is CC(C)C1=C2[C@H]3CCC4[C@@]5(C)CC[C@H](OC(=O)CC(C)(C)C(=O)O)C(C)(C)C5CC[C@@]4(C)[C@]3(C)CC[C@@]2([C@H](O)CNCc2ccc(Cl)cc2)CC1=O. The summed E-state index contributed by atoms with van der Waals surface area (Å²) in [4.78, 5) is 38.8. The lowest BCUT2D eigenvalue weighted by Gasteiger charge is -2.72. The van der Waals surface area contributed by atoms with Crippen LogP contribution < -0.4 is 5.32 Å². The number of nitrogens with one attached hydrogen (secondary N) is 1. The number of halogens is 1. The van der Waals surface area contributed by atoms with Crippen molar-refractivity contribution in [1.82, 2.24) is 5.32 Å². The Bertz CT molecular complexity index is 1610. The number of fused-ring (bicyclic) bond motifs is 7. The molecule has 1 aromatic carbocycles. The van der Waals surface area contributed by atoms with Crippen LogP contribution in [-0.4, -0.2) is 46.7 Å². The molecule has 0 saturated heterocycles. The number of esters is 1. The van der Waals surface area contributed by atoms with E-state index in [-0.39, 0.29) is 51.8 Å². The number of aliphatic hydroxyl groups excluding tert-OH is 1. The van der Waals surface area contributed by atoms with Gasteiger partial charge in [0, 0.05) is 35.4 Å². The van der Waals surface area contributed by atoms with Crippen LogP contribution in [0.4, 0.5) is 0 Å². The monoisotopic (exact) mass is 737 g/mol. The van der Waals surface area contributed by atoms with Gasteiger partial charge in [0.2, 0.25) is 0 Å². The average Bonchev–Trinajstić information content (AvgIpc) is 3.36. The summed E-state index contributed by atoms with van der Waals surface area (Å²) in [6, 6.07) is 7.79. The van der Waals surface area contributed by atoms with Crippen molar-refractivity contribution in [2.24, 2.45) is 56.2 Å². The highest BCUT2D eigenvalue weighted by atomic mass is 35.5. The fourth-order valence-electron chi connectivity index (χ4n) is 13.1. The summed E-state index contributed by atoms with van der Waals surface area (Å²) in [5.74, 6) is 0.0352. The molecule has 5 aliphatic carbocycles. The van der Waals surface area contributed by atoms with Crippen LogP contribution in [0, 0.1) is 56.2 Å². The molecule has 0 aliphatic heterocycles. The first kappa shape index (κ1) is 39.5. The first-order valence-electron chi connectivity index (χ1n) is 20.0. The van der Waals surface area contributed by atoms with Crippen molar-refractivity contribution < 1.29 is 29.3 Å². The molecule has 0 aromatic heterocycles. The molecule has 5 aliphatic rings. The minimum Gasteiger partial charge on any atom is -0.481 e. The minimum absolute atomic E-state index is 0.0141. The van der Waals surface area contributed by atoms with Gasteiger partial charge in [-0.25, -0.2) is 0 Å². The van der Waals surface area contributed by atoms with E-state index < -0.39 is 28.9 Å². The number of Topliss-reactive ketones (excluding diaryl/α,β-unsaturated/α-hetero) is 1. The number of ketones is 1. The summed E-state index contributed by atoms with van der Waals surface area (Å²) < 4.78 is 6.16. The zero-order valence-electron chi connectivity index (χ0n) is 33.2. The molecule has 288 valence electrons. The normalized spacial score (nSPS) is 37.5. The van der Waals surface area contributed by atoms with E-state index in [2.05, 4.69) is 53.8 Å². The van der Waals surface area contributed by atoms with Crippen molar-refractivity contribution in [3.05, 3.63) is 46.0 Å². The molecular weight excluding hydrogens is 674 g/mol. The molecule has 0 spiro atoms. The zero-order chi connectivity index (χ0) is 38.2. The van der Waals surface area contributed by atoms with Crippen LogP contribution in [0.1, 0.15) is 132 Å². The van der Waals surface area contributed by atoms with Gasteiger partial charge in [-0.2, -0.15) is 0 Å². The number of allylic oxidation sites excluding steroid dienone is 1. The Labute approximate surface area is 317 Å². The van der Waals surface area contributed by atoms with Gasteiger partial charge in [-0.05, 0) is 128 Å². The van der Waals surface area contributed by atoms with E-state index in [1.54, 1.807) is 13.8 Å². The average molecular weight is 738 g/mol. The van der Waals surface area contributed by atoms with Crippen molar-refractivity contribution in [1.29, 1.82) is 0 Å². The molecule has 9 atom stereocenters. The molecule has 4 saturated carbocycles. The van der Waals surface area contributed by atoms with Gasteiger partial charge in [0.25, 0.3) is 0 Å². The molecule has 7 nitrogen and oxygen atoms in total. The summed E-state index contributed by atoms with van der Waals surface area (Å²) in [7, 11) is 0. The van der Waals surface area contributed by atoms with Crippen LogP contribution in [-0.2, 0) is 25.7 Å². The Hall–Kier alpha value is -2.22. The van der Waals surface area contributed by atoms with Crippen molar-refractivity contribution in [2.45, 2.75) is 145 Å². The largest absolute Gasteiger partial charge is 0.481 e.